The maximum absolute atomic E-state index is 13.4. The van der Waals surface area contributed by atoms with Crippen molar-refractivity contribution < 1.29 is 17.2 Å². The fraction of sp³-hybridized carbons (Fsp3) is 0. The topological polar surface area (TPSA) is 34.1 Å². The Labute approximate surface area is 109 Å². The van der Waals surface area contributed by atoms with Crippen molar-refractivity contribution in [1.82, 2.24) is 0 Å². The minimum Gasteiger partial charge on any atom is -0.219 e. The van der Waals surface area contributed by atoms with Crippen LogP contribution in [0.3, 0.4) is 0 Å². The monoisotopic (exact) mass is 280 g/mol. The van der Waals surface area contributed by atoms with Gasteiger partial charge in [0.15, 0.2) is 0 Å². The van der Waals surface area contributed by atoms with Gasteiger partial charge < -0.3 is 0 Å². The first-order valence-electron chi connectivity index (χ1n) is 5.42. The van der Waals surface area contributed by atoms with Gasteiger partial charge in [-0.05, 0) is 23.8 Å². The fourth-order valence-electron chi connectivity index (χ4n) is 1.51. The van der Waals surface area contributed by atoms with Crippen molar-refractivity contribution in [1.29, 1.82) is 0 Å². The molecule has 0 heterocycles. The Bertz CT molecular complexity index is 707. The second kappa shape index (κ2) is 5.32. The lowest BCUT2D eigenvalue weighted by molar-refractivity contribution is 0.552. The summed E-state index contributed by atoms with van der Waals surface area (Å²) in [6.45, 7) is 0. The molecule has 0 atom stereocenters. The molecule has 0 amide bonds. The molecule has 19 heavy (non-hydrogen) atoms. The third kappa shape index (κ3) is 3.26. The van der Waals surface area contributed by atoms with Crippen molar-refractivity contribution in [2.45, 2.75) is 4.90 Å². The lowest BCUT2D eigenvalue weighted by Gasteiger charge is -2.01. The van der Waals surface area contributed by atoms with E-state index in [9.17, 15) is 17.2 Å². The maximum Gasteiger partial charge on any atom is 0.202 e. The molecule has 98 valence electrons. The first-order valence-corrected chi connectivity index (χ1v) is 6.97. The van der Waals surface area contributed by atoms with Crippen molar-refractivity contribution in [2.24, 2.45) is 0 Å². The highest BCUT2D eigenvalue weighted by Gasteiger charge is 2.16. The molecule has 2 aromatic rings. The Kier molecular flexibility index (Phi) is 3.76. The maximum atomic E-state index is 13.4. The number of hydrogen-bond acceptors (Lipinski definition) is 2. The number of benzene rings is 2. The van der Waals surface area contributed by atoms with Gasteiger partial charge in [0, 0.05) is 11.5 Å². The molecule has 0 aliphatic carbocycles. The van der Waals surface area contributed by atoms with E-state index in [-0.39, 0.29) is 0 Å². The van der Waals surface area contributed by atoms with E-state index in [1.807, 2.05) is 0 Å². The molecule has 0 N–H and O–H groups in total. The second-order valence-corrected chi connectivity index (χ2v) is 5.64. The summed E-state index contributed by atoms with van der Waals surface area (Å²) >= 11 is 0. The molecular formula is C14H10F2O2S. The molecular weight excluding hydrogens is 270 g/mol. The van der Waals surface area contributed by atoms with Crippen LogP contribution in [0, 0.1) is 11.6 Å². The van der Waals surface area contributed by atoms with Crippen molar-refractivity contribution in [2.75, 3.05) is 0 Å². The van der Waals surface area contributed by atoms with Crippen molar-refractivity contribution in [3.8, 4) is 0 Å². The summed E-state index contributed by atoms with van der Waals surface area (Å²) in [4.78, 5) is -0.541. The predicted octanol–water partition coefficient (Wildman–Crippen LogP) is 3.41. The summed E-state index contributed by atoms with van der Waals surface area (Å²) in [6, 6.07) is 11.1. The van der Waals surface area contributed by atoms with Crippen LogP contribution in [0.15, 0.2) is 58.8 Å². The van der Waals surface area contributed by atoms with Crippen molar-refractivity contribution in [3.63, 3.8) is 0 Å². The zero-order chi connectivity index (χ0) is 13.9. The summed E-state index contributed by atoms with van der Waals surface area (Å²) in [7, 11) is -3.93. The average molecular weight is 280 g/mol. The lowest BCUT2D eigenvalue weighted by Crippen LogP contribution is -2.00. The molecule has 0 saturated carbocycles. The molecule has 0 spiro atoms. The summed E-state index contributed by atoms with van der Waals surface area (Å²) in [5, 5.41) is 0.901. The minimum absolute atomic E-state index is 0.541. The van der Waals surface area contributed by atoms with Crippen LogP contribution < -0.4 is 0 Å². The Morgan fingerprint density at radius 3 is 2.26 bits per heavy atom. The normalized spacial score (nSPS) is 11.9. The van der Waals surface area contributed by atoms with E-state index in [0.29, 0.717) is 11.6 Å². The number of sulfone groups is 1. The Hall–Kier alpha value is -2.01. The molecule has 0 saturated heterocycles. The van der Waals surface area contributed by atoms with E-state index >= 15 is 0 Å². The number of hydrogen-bond donors (Lipinski definition) is 0. The molecule has 0 unspecified atom stereocenters. The van der Waals surface area contributed by atoms with Gasteiger partial charge in [-0.3, -0.25) is 0 Å². The van der Waals surface area contributed by atoms with Crippen LogP contribution in [-0.4, -0.2) is 8.42 Å². The molecule has 0 fully saturated rings. The third-order valence-electron chi connectivity index (χ3n) is 2.44. The molecule has 0 aromatic heterocycles. The van der Waals surface area contributed by atoms with E-state index in [2.05, 4.69) is 0 Å². The highest BCUT2D eigenvalue weighted by atomic mass is 32.2. The van der Waals surface area contributed by atoms with E-state index in [1.54, 1.807) is 30.3 Å². The van der Waals surface area contributed by atoms with Crippen LogP contribution >= 0.6 is 0 Å². The largest absolute Gasteiger partial charge is 0.219 e. The van der Waals surface area contributed by atoms with Gasteiger partial charge in [0.25, 0.3) is 0 Å². The molecule has 0 radical (unpaired) electrons. The highest BCUT2D eigenvalue weighted by molar-refractivity contribution is 7.94. The first kappa shape index (κ1) is 13.4. The Morgan fingerprint density at radius 1 is 0.947 bits per heavy atom. The molecule has 2 aromatic carbocycles. The van der Waals surface area contributed by atoms with Crippen LogP contribution in [0.5, 0.6) is 0 Å². The molecule has 2 nitrogen and oxygen atoms in total. The molecule has 2 rings (SSSR count). The van der Waals surface area contributed by atoms with E-state index in [1.165, 1.54) is 6.08 Å². The molecule has 0 bridgehead atoms. The van der Waals surface area contributed by atoms with Gasteiger partial charge in [0.05, 0.1) is 0 Å². The van der Waals surface area contributed by atoms with Gasteiger partial charge in [-0.1, -0.05) is 30.3 Å². The van der Waals surface area contributed by atoms with Crippen LogP contribution in [0.25, 0.3) is 6.08 Å². The van der Waals surface area contributed by atoms with Crippen LogP contribution in [-0.2, 0) is 9.84 Å². The van der Waals surface area contributed by atoms with Crippen LogP contribution in [0.2, 0.25) is 0 Å². The first-order chi connectivity index (χ1) is 8.99. The summed E-state index contributed by atoms with van der Waals surface area (Å²) in [5.74, 6) is -1.92. The average Bonchev–Trinajstić information content (AvgIpc) is 2.37. The van der Waals surface area contributed by atoms with Gasteiger partial charge in [0.1, 0.15) is 16.5 Å². The van der Waals surface area contributed by atoms with Gasteiger partial charge >= 0.3 is 0 Å². The molecule has 0 aliphatic rings. The van der Waals surface area contributed by atoms with E-state index in [4.69, 9.17) is 0 Å². The smallest absolute Gasteiger partial charge is 0.202 e. The van der Waals surface area contributed by atoms with Crippen molar-refractivity contribution in [3.05, 3.63) is 71.1 Å². The number of halogens is 2. The van der Waals surface area contributed by atoms with E-state index in [0.717, 1.165) is 17.5 Å². The fourth-order valence-corrected chi connectivity index (χ4v) is 2.58. The second-order valence-electron chi connectivity index (χ2n) is 3.83. The lowest BCUT2D eigenvalue weighted by atomic mass is 10.2. The van der Waals surface area contributed by atoms with Gasteiger partial charge in [-0.25, -0.2) is 17.2 Å². The van der Waals surface area contributed by atoms with Gasteiger partial charge in [-0.2, -0.15) is 0 Å². The zero-order valence-electron chi connectivity index (χ0n) is 9.75. The number of rotatable bonds is 3. The third-order valence-corrected chi connectivity index (χ3v) is 3.88. The summed E-state index contributed by atoms with van der Waals surface area (Å²) < 4.78 is 49.9. The predicted molar refractivity (Wildman–Crippen MR) is 69.0 cm³/mol. The summed E-state index contributed by atoms with van der Waals surface area (Å²) in [6.07, 6.45) is 1.36. The summed E-state index contributed by atoms with van der Waals surface area (Å²) in [5.41, 5.74) is 0.675. The Balaban J connectivity index is 2.36. The highest BCUT2D eigenvalue weighted by Crippen LogP contribution is 2.18. The Morgan fingerprint density at radius 2 is 1.63 bits per heavy atom. The molecule has 0 aliphatic heterocycles. The van der Waals surface area contributed by atoms with Gasteiger partial charge in [0.2, 0.25) is 9.84 Å². The van der Waals surface area contributed by atoms with Crippen LogP contribution in [0.1, 0.15) is 5.56 Å². The quantitative estimate of drug-likeness (QED) is 0.807. The zero-order valence-corrected chi connectivity index (χ0v) is 10.6. The standard InChI is InChI=1S/C14H10F2O2S/c15-12-6-7-14(13(16)10-12)19(17,18)9-8-11-4-2-1-3-5-11/h1-10H/b9-8+. The van der Waals surface area contributed by atoms with Crippen molar-refractivity contribution >= 4 is 15.9 Å². The van der Waals surface area contributed by atoms with Gasteiger partial charge in [-0.15, -0.1) is 0 Å². The minimum atomic E-state index is -3.93. The SMILES string of the molecule is O=S(=O)(/C=C/c1ccccc1)c1ccc(F)cc1F. The molecule has 5 heteroatoms. The van der Waals surface area contributed by atoms with Crippen LogP contribution in [0.4, 0.5) is 8.78 Å². The van der Waals surface area contributed by atoms with E-state index < -0.39 is 26.4 Å².